The molecule has 4 heteroatoms. The minimum atomic E-state index is 0.629. The Morgan fingerprint density at radius 3 is 2.92 bits per heavy atom. The van der Waals surface area contributed by atoms with Gasteiger partial charge in [0.1, 0.15) is 6.34 Å². The molecule has 2 atom stereocenters. The molecule has 1 N–H and O–H groups in total. The van der Waals surface area contributed by atoms with Crippen LogP contribution in [0.15, 0.2) is 41.5 Å². The molecule has 0 spiro atoms. The van der Waals surface area contributed by atoms with E-state index in [0.29, 0.717) is 11.8 Å². The van der Waals surface area contributed by atoms with Gasteiger partial charge in [-0.05, 0) is 60.9 Å². The number of aromatic nitrogens is 2. The zero-order chi connectivity index (χ0) is 17.6. The van der Waals surface area contributed by atoms with Crippen molar-refractivity contribution >= 4 is 18.6 Å². The maximum Gasteiger partial charge on any atom is 0.106 e. The smallest absolute Gasteiger partial charge is 0.106 e. The summed E-state index contributed by atoms with van der Waals surface area (Å²) < 4.78 is 2.04. The van der Waals surface area contributed by atoms with Gasteiger partial charge in [0, 0.05) is 31.1 Å². The van der Waals surface area contributed by atoms with Gasteiger partial charge in [0.05, 0.1) is 0 Å². The fraction of sp³-hybridized carbons (Fsp3) is 0.381. The van der Waals surface area contributed by atoms with Gasteiger partial charge in [-0.25, -0.2) is 4.99 Å². The molecular formula is C21H26N4. The molecule has 0 bridgehead atoms. The summed E-state index contributed by atoms with van der Waals surface area (Å²) >= 11 is 0. The first-order chi connectivity index (χ1) is 12.2. The number of aryl methyl sites for hydroxylation is 2. The lowest BCUT2D eigenvalue weighted by Gasteiger charge is -2.21. The lowest BCUT2D eigenvalue weighted by Crippen LogP contribution is -2.13. The predicted octanol–water partition coefficient (Wildman–Crippen LogP) is 4.55. The third-order valence-electron chi connectivity index (χ3n) is 5.28. The van der Waals surface area contributed by atoms with Crippen LogP contribution in [0.2, 0.25) is 0 Å². The molecule has 2 unspecified atom stereocenters. The van der Waals surface area contributed by atoms with Gasteiger partial charge in [0.15, 0.2) is 0 Å². The van der Waals surface area contributed by atoms with Crippen LogP contribution in [-0.4, -0.2) is 22.3 Å². The molecule has 3 rings (SSSR count). The quantitative estimate of drug-likeness (QED) is 0.611. The molecule has 1 heterocycles. The fourth-order valence-electron chi connectivity index (χ4n) is 4.00. The second-order valence-electron chi connectivity index (χ2n) is 6.85. The molecule has 1 fully saturated rings. The highest BCUT2D eigenvalue weighted by atomic mass is 15.3. The monoisotopic (exact) mass is 334 g/mol. The van der Waals surface area contributed by atoms with Crippen molar-refractivity contribution < 1.29 is 0 Å². The van der Waals surface area contributed by atoms with Crippen molar-refractivity contribution in [2.45, 2.75) is 38.5 Å². The summed E-state index contributed by atoms with van der Waals surface area (Å²) in [7, 11) is 2.05. The van der Waals surface area contributed by atoms with Crippen LogP contribution >= 0.6 is 0 Å². The first kappa shape index (κ1) is 17.3. The van der Waals surface area contributed by atoms with Crippen LogP contribution < -0.4 is 0 Å². The van der Waals surface area contributed by atoms with Crippen molar-refractivity contribution in [1.82, 2.24) is 9.78 Å². The minimum absolute atomic E-state index is 0.629. The number of hydrogen-bond acceptors (Lipinski definition) is 2. The van der Waals surface area contributed by atoms with Gasteiger partial charge in [0.25, 0.3) is 0 Å². The zero-order valence-electron chi connectivity index (χ0n) is 15.0. The van der Waals surface area contributed by atoms with E-state index in [9.17, 15) is 0 Å². The summed E-state index contributed by atoms with van der Waals surface area (Å²) in [6.07, 6.45) is 13.5. The van der Waals surface area contributed by atoms with E-state index >= 15 is 0 Å². The molecule has 0 amide bonds. The molecule has 25 heavy (non-hydrogen) atoms. The van der Waals surface area contributed by atoms with Crippen LogP contribution in [0.4, 0.5) is 0 Å². The van der Waals surface area contributed by atoms with Gasteiger partial charge < -0.3 is 0 Å². The summed E-state index contributed by atoms with van der Waals surface area (Å²) in [5, 5.41) is 11.2. The van der Waals surface area contributed by atoms with Crippen molar-refractivity contribution in [1.29, 1.82) is 5.41 Å². The topological polar surface area (TPSA) is 54.0 Å². The van der Waals surface area contributed by atoms with Gasteiger partial charge in [-0.2, -0.15) is 5.10 Å². The van der Waals surface area contributed by atoms with E-state index in [1.807, 2.05) is 23.0 Å². The second-order valence-corrected chi connectivity index (χ2v) is 6.85. The third-order valence-corrected chi connectivity index (χ3v) is 5.28. The molecule has 0 saturated heterocycles. The molecule has 1 aliphatic carbocycles. The van der Waals surface area contributed by atoms with E-state index in [-0.39, 0.29) is 0 Å². The highest BCUT2D eigenvalue weighted by molar-refractivity contribution is 5.83. The summed E-state index contributed by atoms with van der Waals surface area (Å²) in [5.41, 5.74) is 5.35. The van der Waals surface area contributed by atoms with Crippen molar-refractivity contribution in [3.8, 4) is 0 Å². The van der Waals surface area contributed by atoms with Crippen molar-refractivity contribution in [2.24, 2.45) is 18.0 Å². The largest absolute Gasteiger partial charge is 0.290 e. The van der Waals surface area contributed by atoms with Crippen LogP contribution in [0.5, 0.6) is 0 Å². The molecule has 0 aliphatic heterocycles. The highest BCUT2D eigenvalue weighted by Crippen LogP contribution is 2.41. The molecule has 2 aromatic rings. The van der Waals surface area contributed by atoms with E-state index in [4.69, 9.17) is 5.41 Å². The van der Waals surface area contributed by atoms with Crippen molar-refractivity contribution in [2.75, 3.05) is 0 Å². The van der Waals surface area contributed by atoms with Crippen LogP contribution in [-0.2, 0) is 13.5 Å². The van der Waals surface area contributed by atoms with Gasteiger partial charge in [-0.3, -0.25) is 10.1 Å². The lowest BCUT2D eigenvalue weighted by atomic mass is 9.86. The SMILES string of the molecule is Cc1cc(/C=C/C=NC=N)ccc1CC1CCCC1c1ccnn1C. The molecule has 1 aliphatic rings. The molecule has 130 valence electrons. The third kappa shape index (κ3) is 4.13. The minimum Gasteiger partial charge on any atom is -0.290 e. The molecule has 1 aromatic carbocycles. The summed E-state index contributed by atoms with van der Waals surface area (Å²) in [5.74, 6) is 1.33. The van der Waals surface area contributed by atoms with E-state index in [0.717, 1.165) is 12.8 Å². The molecule has 4 nitrogen and oxygen atoms in total. The number of benzene rings is 1. The van der Waals surface area contributed by atoms with Gasteiger partial charge in [-0.1, -0.05) is 30.7 Å². The number of nitrogens with zero attached hydrogens (tertiary/aromatic N) is 3. The van der Waals surface area contributed by atoms with E-state index in [1.54, 1.807) is 6.21 Å². The first-order valence-corrected chi connectivity index (χ1v) is 8.95. The fourth-order valence-corrected chi connectivity index (χ4v) is 4.00. The number of aliphatic imine (C=N–C) groups is 1. The average Bonchev–Trinajstić information content (AvgIpc) is 3.22. The zero-order valence-corrected chi connectivity index (χ0v) is 15.0. The van der Waals surface area contributed by atoms with Crippen LogP contribution in [0.3, 0.4) is 0 Å². The van der Waals surface area contributed by atoms with Crippen molar-refractivity contribution in [3.05, 3.63) is 58.9 Å². The Labute approximate surface area is 149 Å². The first-order valence-electron chi connectivity index (χ1n) is 8.95. The van der Waals surface area contributed by atoms with Gasteiger partial charge in [0.2, 0.25) is 0 Å². The second kappa shape index (κ2) is 8.06. The number of allylic oxidation sites excluding steroid dienone is 1. The van der Waals surface area contributed by atoms with Crippen LogP contribution in [0, 0.1) is 18.3 Å². The Hall–Kier alpha value is -2.49. The van der Waals surface area contributed by atoms with E-state index in [1.165, 1.54) is 41.6 Å². The standard InChI is InChI=1S/C21H26N4/c1-16-13-17(5-4-11-23-15-22)8-9-18(16)14-19-6-3-7-20(19)21-10-12-24-25(21)2/h4-5,8-13,15,19-20,22H,3,6-7,14H2,1-2H3/b5-4+,22-15?,23-11?. The van der Waals surface area contributed by atoms with E-state index < -0.39 is 0 Å². The van der Waals surface area contributed by atoms with Gasteiger partial charge >= 0.3 is 0 Å². The Morgan fingerprint density at radius 1 is 1.32 bits per heavy atom. The Balaban J connectivity index is 1.72. The number of hydrogen-bond donors (Lipinski definition) is 1. The normalized spacial score (nSPS) is 20.7. The van der Waals surface area contributed by atoms with Crippen LogP contribution in [0.25, 0.3) is 6.08 Å². The molecule has 0 radical (unpaired) electrons. The molecule has 1 aromatic heterocycles. The predicted molar refractivity (Wildman–Crippen MR) is 104 cm³/mol. The summed E-state index contributed by atoms with van der Waals surface area (Å²) in [4.78, 5) is 3.76. The van der Waals surface area contributed by atoms with Crippen LogP contribution in [0.1, 0.15) is 47.6 Å². The molecular weight excluding hydrogens is 308 g/mol. The summed E-state index contributed by atoms with van der Waals surface area (Å²) in [6.45, 7) is 2.20. The number of nitrogens with one attached hydrogen (secondary N) is 1. The van der Waals surface area contributed by atoms with Gasteiger partial charge in [-0.15, -0.1) is 0 Å². The lowest BCUT2D eigenvalue weighted by molar-refractivity contribution is 0.457. The Kier molecular flexibility index (Phi) is 5.59. The van der Waals surface area contributed by atoms with Crippen molar-refractivity contribution in [3.63, 3.8) is 0 Å². The highest BCUT2D eigenvalue weighted by Gasteiger charge is 2.30. The Bertz CT molecular complexity index is 785. The molecule has 1 saturated carbocycles. The summed E-state index contributed by atoms with van der Waals surface area (Å²) in [6, 6.07) is 8.85. The maximum absolute atomic E-state index is 6.87. The maximum atomic E-state index is 6.87. The Morgan fingerprint density at radius 2 is 2.20 bits per heavy atom. The van der Waals surface area contributed by atoms with E-state index in [2.05, 4.69) is 48.3 Å². The number of rotatable bonds is 6. The average molecular weight is 334 g/mol.